The van der Waals surface area contributed by atoms with Crippen LogP contribution in [-0.2, 0) is 9.31 Å². The van der Waals surface area contributed by atoms with Crippen molar-refractivity contribution in [3.63, 3.8) is 0 Å². The van der Waals surface area contributed by atoms with Crippen LogP contribution in [0.15, 0.2) is 30.0 Å². The summed E-state index contributed by atoms with van der Waals surface area (Å²) < 4.78 is 25.5. The van der Waals surface area contributed by atoms with Crippen molar-refractivity contribution in [3.05, 3.63) is 41.1 Å². The molecule has 0 aliphatic carbocycles. The van der Waals surface area contributed by atoms with E-state index in [4.69, 9.17) is 14.4 Å². The van der Waals surface area contributed by atoms with E-state index in [1.165, 1.54) is 12.1 Å². The molecular formula is C15H18BFO4. The lowest BCUT2D eigenvalue weighted by Crippen LogP contribution is -2.41. The first-order chi connectivity index (χ1) is 9.64. The molecule has 1 N–H and O–H groups in total. The van der Waals surface area contributed by atoms with Gasteiger partial charge in [0, 0.05) is 0 Å². The number of rotatable bonds is 3. The van der Waals surface area contributed by atoms with Crippen molar-refractivity contribution in [2.24, 2.45) is 0 Å². The lowest BCUT2D eigenvalue weighted by atomic mass is 9.86. The Morgan fingerprint density at radius 3 is 2.24 bits per heavy atom. The first kappa shape index (κ1) is 15.7. The summed E-state index contributed by atoms with van der Waals surface area (Å²) in [6.45, 7) is 7.30. The van der Waals surface area contributed by atoms with Gasteiger partial charge in [-0.2, -0.15) is 0 Å². The summed E-state index contributed by atoms with van der Waals surface area (Å²) in [5.74, 6) is -1.11. The molecule has 1 aromatic rings. The predicted octanol–water partition coefficient (Wildman–Crippen LogP) is 3.33. The smallest absolute Gasteiger partial charge is 0.478 e. The predicted molar refractivity (Wildman–Crippen MR) is 78.6 cm³/mol. The fourth-order valence-corrected chi connectivity index (χ4v) is 1.99. The minimum atomic E-state index is -1.13. The molecule has 6 heteroatoms. The number of hydrogen-bond donors (Lipinski definition) is 1. The van der Waals surface area contributed by atoms with E-state index >= 15 is 0 Å². The van der Waals surface area contributed by atoms with Crippen molar-refractivity contribution in [1.82, 2.24) is 0 Å². The third-order valence-corrected chi connectivity index (χ3v) is 3.96. The molecule has 21 heavy (non-hydrogen) atoms. The van der Waals surface area contributed by atoms with E-state index in [-0.39, 0.29) is 11.1 Å². The fraction of sp³-hybridized carbons (Fsp3) is 0.400. The molecule has 0 radical (unpaired) electrons. The van der Waals surface area contributed by atoms with Gasteiger partial charge < -0.3 is 14.4 Å². The molecule has 1 fully saturated rings. The van der Waals surface area contributed by atoms with Crippen LogP contribution < -0.4 is 0 Å². The number of carbonyl (C=O) groups is 1. The number of carboxylic acid groups (broad SMARTS) is 1. The van der Waals surface area contributed by atoms with Crippen LogP contribution in [0.25, 0.3) is 6.08 Å². The van der Waals surface area contributed by atoms with Gasteiger partial charge >= 0.3 is 13.1 Å². The molecule has 112 valence electrons. The molecular weight excluding hydrogens is 274 g/mol. The first-order valence-electron chi connectivity index (χ1n) is 6.69. The maximum atomic E-state index is 14.3. The van der Waals surface area contributed by atoms with Crippen LogP contribution in [0.5, 0.6) is 0 Å². The lowest BCUT2D eigenvalue weighted by Gasteiger charge is -2.32. The summed E-state index contributed by atoms with van der Waals surface area (Å²) >= 11 is 0. The Bertz CT molecular complexity index is 579. The zero-order valence-corrected chi connectivity index (χ0v) is 12.5. The Kier molecular flexibility index (Phi) is 3.95. The van der Waals surface area contributed by atoms with E-state index in [2.05, 4.69) is 0 Å². The molecule has 1 saturated heterocycles. The highest BCUT2D eigenvalue weighted by Gasteiger charge is 2.53. The molecule has 1 aliphatic heterocycles. The van der Waals surface area contributed by atoms with Gasteiger partial charge in [-0.05, 0) is 45.4 Å². The standard InChI is InChI=1S/C15H18BFO4/c1-14(2)15(3,4)21-16(20-14)12(17)9-10-7-5-6-8-11(10)13(18)19/h5-9H,1-4H3,(H,18,19). The van der Waals surface area contributed by atoms with Gasteiger partial charge in [0.2, 0.25) is 0 Å². The quantitative estimate of drug-likeness (QED) is 0.868. The number of hydrogen-bond acceptors (Lipinski definition) is 3. The average Bonchev–Trinajstić information content (AvgIpc) is 2.59. The van der Waals surface area contributed by atoms with Gasteiger partial charge in [0.15, 0.2) is 0 Å². The van der Waals surface area contributed by atoms with Crippen LogP contribution in [-0.4, -0.2) is 29.4 Å². The zero-order chi connectivity index (χ0) is 15.8. The van der Waals surface area contributed by atoms with Gasteiger partial charge in [-0.25, -0.2) is 9.18 Å². The molecule has 0 bridgehead atoms. The minimum absolute atomic E-state index is 0.0316. The highest BCUT2D eigenvalue weighted by atomic mass is 19.1. The molecule has 2 rings (SSSR count). The lowest BCUT2D eigenvalue weighted by molar-refractivity contribution is 0.00578. The molecule has 1 heterocycles. The van der Waals surface area contributed by atoms with Crippen LogP contribution in [0, 0.1) is 0 Å². The van der Waals surface area contributed by atoms with Crippen LogP contribution in [0.4, 0.5) is 4.39 Å². The Morgan fingerprint density at radius 1 is 1.19 bits per heavy atom. The van der Waals surface area contributed by atoms with Crippen LogP contribution >= 0.6 is 0 Å². The van der Waals surface area contributed by atoms with Gasteiger partial charge in [0.1, 0.15) is 5.73 Å². The Balaban J connectivity index is 2.30. The number of carboxylic acids is 1. The second kappa shape index (κ2) is 5.28. The van der Waals surface area contributed by atoms with Crippen molar-refractivity contribution in [1.29, 1.82) is 0 Å². The summed E-state index contributed by atoms with van der Waals surface area (Å²) in [6.07, 6.45) is 1.14. The fourth-order valence-electron chi connectivity index (χ4n) is 1.99. The second-order valence-corrected chi connectivity index (χ2v) is 6.01. The molecule has 1 aliphatic rings. The van der Waals surface area contributed by atoms with E-state index < -0.39 is 30.0 Å². The minimum Gasteiger partial charge on any atom is -0.478 e. The highest BCUT2D eigenvalue weighted by molar-refractivity contribution is 6.54. The van der Waals surface area contributed by atoms with Crippen LogP contribution in [0.2, 0.25) is 0 Å². The molecule has 0 amide bonds. The topological polar surface area (TPSA) is 55.8 Å². The van der Waals surface area contributed by atoms with Gasteiger partial charge in [-0.15, -0.1) is 0 Å². The molecule has 0 spiro atoms. The highest BCUT2D eigenvalue weighted by Crippen LogP contribution is 2.39. The Hall–Kier alpha value is -1.66. The van der Waals surface area contributed by atoms with Crippen molar-refractivity contribution < 1.29 is 23.6 Å². The Morgan fingerprint density at radius 2 is 1.71 bits per heavy atom. The molecule has 1 aromatic carbocycles. The van der Waals surface area contributed by atoms with Crippen LogP contribution in [0.1, 0.15) is 43.6 Å². The summed E-state index contributed by atoms with van der Waals surface area (Å²) in [5, 5.41) is 9.10. The second-order valence-electron chi connectivity index (χ2n) is 6.01. The van der Waals surface area contributed by atoms with Gasteiger partial charge in [0.25, 0.3) is 0 Å². The summed E-state index contributed by atoms with van der Waals surface area (Å²) in [7, 11) is -1.13. The summed E-state index contributed by atoms with van der Waals surface area (Å²) in [5.41, 5.74) is -1.63. The van der Waals surface area contributed by atoms with Crippen molar-refractivity contribution in [2.45, 2.75) is 38.9 Å². The molecule has 0 unspecified atom stereocenters. The SMILES string of the molecule is CC1(C)OB(C(F)=Cc2ccccc2C(=O)O)OC1(C)C. The molecule has 0 aromatic heterocycles. The normalized spacial score (nSPS) is 20.6. The van der Waals surface area contributed by atoms with Gasteiger partial charge in [0.05, 0.1) is 16.8 Å². The van der Waals surface area contributed by atoms with E-state index in [0.29, 0.717) is 0 Å². The summed E-state index contributed by atoms with van der Waals surface area (Å²) in [4.78, 5) is 11.1. The maximum Gasteiger partial charge on any atom is 0.525 e. The average molecular weight is 292 g/mol. The monoisotopic (exact) mass is 292 g/mol. The number of benzene rings is 1. The zero-order valence-electron chi connectivity index (χ0n) is 12.5. The third-order valence-electron chi connectivity index (χ3n) is 3.96. The first-order valence-corrected chi connectivity index (χ1v) is 6.69. The largest absolute Gasteiger partial charge is 0.525 e. The molecule has 0 saturated carbocycles. The van der Waals surface area contributed by atoms with Crippen molar-refractivity contribution in [3.8, 4) is 0 Å². The molecule has 0 atom stereocenters. The van der Waals surface area contributed by atoms with Crippen molar-refractivity contribution >= 4 is 19.2 Å². The van der Waals surface area contributed by atoms with Gasteiger partial charge in [-0.1, -0.05) is 18.2 Å². The Labute approximate surface area is 123 Å². The number of halogens is 1. The van der Waals surface area contributed by atoms with E-state index in [9.17, 15) is 9.18 Å². The summed E-state index contributed by atoms with van der Waals surface area (Å²) in [6, 6.07) is 6.20. The van der Waals surface area contributed by atoms with Gasteiger partial charge in [-0.3, -0.25) is 0 Å². The van der Waals surface area contributed by atoms with E-state index in [1.807, 2.05) is 27.7 Å². The van der Waals surface area contributed by atoms with E-state index in [1.54, 1.807) is 12.1 Å². The van der Waals surface area contributed by atoms with Crippen LogP contribution in [0.3, 0.4) is 0 Å². The maximum absolute atomic E-state index is 14.3. The van der Waals surface area contributed by atoms with Crippen molar-refractivity contribution in [2.75, 3.05) is 0 Å². The molecule has 4 nitrogen and oxygen atoms in total. The van der Waals surface area contributed by atoms with E-state index in [0.717, 1.165) is 6.08 Å². The number of aromatic carboxylic acids is 1. The third kappa shape index (κ3) is 3.01.